The number of fused-ring (bicyclic) bond motifs is 1. The molecular formula is C15H22ClNOS. The lowest BCUT2D eigenvalue weighted by molar-refractivity contribution is 0.0783. The molecule has 3 rings (SSSR count). The third kappa shape index (κ3) is 2.85. The summed E-state index contributed by atoms with van der Waals surface area (Å²) in [6.45, 7) is 1.27. The number of aryl methyl sites for hydroxylation is 1. The first kappa shape index (κ1) is 13.9. The highest BCUT2D eigenvalue weighted by Gasteiger charge is 2.33. The Bertz CT molecular complexity index is 439. The first-order chi connectivity index (χ1) is 9.22. The summed E-state index contributed by atoms with van der Waals surface area (Å²) in [5.41, 5.74) is 1.53. The normalized spacial score (nSPS) is 25.5. The van der Waals surface area contributed by atoms with Crippen LogP contribution >= 0.6 is 22.9 Å². The SMILES string of the molecule is OCC1(CNC2CCc3sc(Cl)cc32)CCCCC1. The van der Waals surface area contributed by atoms with Crippen molar-refractivity contribution in [3.05, 3.63) is 20.8 Å². The third-order valence-electron chi connectivity index (χ3n) is 4.82. The number of thiophene rings is 1. The second-order valence-corrected chi connectivity index (χ2v) is 7.89. The van der Waals surface area contributed by atoms with Gasteiger partial charge in [0.15, 0.2) is 0 Å². The van der Waals surface area contributed by atoms with Gasteiger partial charge in [0.2, 0.25) is 0 Å². The Morgan fingerprint density at radius 3 is 2.89 bits per heavy atom. The molecule has 106 valence electrons. The molecule has 0 radical (unpaired) electrons. The highest BCUT2D eigenvalue weighted by atomic mass is 35.5. The predicted molar refractivity (Wildman–Crippen MR) is 81.0 cm³/mol. The lowest BCUT2D eigenvalue weighted by Crippen LogP contribution is -2.40. The molecule has 1 atom stereocenters. The Hall–Kier alpha value is -0.0900. The van der Waals surface area contributed by atoms with Gasteiger partial charge < -0.3 is 10.4 Å². The third-order valence-corrected chi connectivity index (χ3v) is 6.16. The van der Waals surface area contributed by atoms with Crippen LogP contribution < -0.4 is 5.32 Å². The fourth-order valence-electron chi connectivity index (χ4n) is 3.57. The van der Waals surface area contributed by atoms with Crippen molar-refractivity contribution in [2.75, 3.05) is 13.2 Å². The van der Waals surface area contributed by atoms with Gasteiger partial charge in [0.1, 0.15) is 0 Å². The minimum atomic E-state index is 0.126. The number of rotatable bonds is 4. The number of aliphatic hydroxyl groups excluding tert-OH is 1. The summed E-state index contributed by atoms with van der Waals surface area (Å²) >= 11 is 7.82. The monoisotopic (exact) mass is 299 g/mol. The van der Waals surface area contributed by atoms with Crippen molar-refractivity contribution in [2.24, 2.45) is 5.41 Å². The van der Waals surface area contributed by atoms with Gasteiger partial charge in [-0.05, 0) is 37.3 Å². The molecule has 1 aromatic heterocycles. The predicted octanol–water partition coefficient (Wildman–Crippen LogP) is 3.92. The Morgan fingerprint density at radius 1 is 1.37 bits per heavy atom. The molecule has 19 heavy (non-hydrogen) atoms. The van der Waals surface area contributed by atoms with Gasteiger partial charge in [0.25, 0.3) is 0 Å². The zero-order valence-corrected chi connectivity index (χ0v) is 12.8. The average Bonchev–Trinajstić information content (AvgIpc) is 2.97. The van der Waals surface area contributed by atoms with Gasteiger partial charge in [0.05, 0.1) is 4.34 Å². The van der Waals surface area contributed by atoms with E-state index in [4.69, 9.17) is 11.6 Å². The molecule has 0 aromatic carbocycles. The molecule has 0 saturated heterocycles. The van der Waals surface area contributed by atoms with Crippen LogP contribution in [0.15, 0.2) is 6.07 Å². The molecular weight excluding hydrogens is 278 g/mol. The molecule has 1 saturated carbocycles. The van der Waals surface area contributed by atoms with Gasteiger partial charge in [-0.3, -0.25) is 0 Å². The topological polar surface area (TPSA) is 32.3 Å². The molecule has 1 heterocycles. The molecule has 1 aromatic rings. The van der Waals surface area contributed by atoms with Crippen molar-refractivity contribution in [3.8, 4) is 0 Å². The second-order valence-electron chi connectivity index (χ2n) is 6.12. The average molecular weight is 300 g/mol. The molecule has 1 fully saturated rings. The van der Waals surface area contributed by atoms with Crippen molar-refractivity contribution in [1.82, 2.24) is 5.32 Å². The van der Waals surface area contributed by atoms with Crippen molar-refractivity contribution >= 4 is 22.9 Å². The maximum Gasteiger partial charge on any atom is 0.0934 e. The summed E-state index contributed by atoms with van der Waals surface area (Å²) in [4.78, 5) is 1.45. The molecule has 2 aliphatic carbocycles. The van der Waals surface area contributed by atoms with Crippen LogP contribution in [0.1, 0.15) is 55.0 Å². The summed E-state index contributed by atoms with van der Waals surface area (Å²) in [5.74, 6) is 0. The van der Waals surface area contributed by atoms with Crippen LogP contribution in [-0.2, 0) is 6.42 Å². The minimum Gasteiger partial charge on any atom is -0.396 e. The molecule has 2 aliphatic rings. The van der Waals surface area contributed by atoms with E-state index in [1.807, 2.05) is 0 Å². The maximum atomic E-state index is 9.76. The summed E-state index contributed by atoms with van der Waals surface area (Å²) in [6, 6.07) is 2.57. The van der Waals surface area contributed by atoms with Gasteiger partial charge in [-0.2, -0.15) is 0 Å². The Balaban J connectivity index is 1.63. The largest absolute Gasteiger partial charge is 0.396 e. The standard InChI is InChI=1S/C15H22ClNOS/c16-14-8-11-12(4-5-13(11)19-14)17-9-15(10-18)6-2-1-3-7-15/h8,12,17-18H,1-7,9-10H2. The smallest absolute Gasteiger partial charge is 0.0934 e. The van der Waals surface area contributed by atoms with E-state index in [0.29, 0.717) is 12.6 Å². The molecule has 0 spiro atoms. The van der Waals surface area contributed by atoms with Gasteiger partial charge in [-0.1, -0.05) is 30.9 Å². The zero-order chi connectivity index (χ0) is 13.3. The number of halogens is 1. The molecule has 2 nitrogen and oxygen atoms in total. The number of nitrogens with one attached hydrogen (secondary N) is 1. The van der Waals surface area contributed by atoms with Gasteiger partial charge >= 0.3 is 0 Å². The number of aliphatic hydroxyl groups is 1. The van der Waals surface area contributed by atoms with Crippen molar-refractivity contribution < 1.29 is 5.11 Å². The Kier molecular flexibility index (Phi) is 4.18. The summed E-state index contributed by atoms with van der Waals surface area (Å²) in [5, 5.41) is 13.5. The molecule has 0 aliphatic heterocycles. The van der Waals surface area contributed by atoms with E-state index in [1.165, 1.54) is 49.0 Å². The Labute approximate surface area is 124 Å². The fraction of sp³-hybridized carbons (Fsp3) is 0.733. The van der Waals surface area contributed by atoms with E-state index < -0.39 is 0 Å². The first-order valence-electron chi connectivity index (χ1n) is 7.35. The summed E-state index contributed by atoms with van der Waals surface area (Å²) in [7, 11) is 0. The number of hydrogen-bond donors (Lipinski definition) is 2. The summed E-state index contributed by atoms with van der Waals surface area (Å²) < 4.78 is 0.908. The van der Waals surface area contributed by atoms with Crippen LogP contribution in [0.25, 0.3) is 0 Å². The fourth-order valence-corrected chi connectivity index (χ4v) is 4.93. The molecule has 0 amide bonds. The maximum absolute atomic E-state index is 9.76. The van der Waals surface area contributed by atoms with E-state index in [9.17, 15) is 5.11 Å². The van der Waals surface area contributed by atoms with Crippen molar-refractivity contribution in [3.63, 3.8) is 0 Å². The molecule has 0 bridgehead atoms. The van der Waals surface area contributed by atoms with E-state index in [2.05, 4.69) is 11.4 Å². The van der Waals surface area contributed by atoms with Crippen LogP contribution in [0, 0.1) is 5.41 Å². The van der Waals surface area contributed by atoms with Gasteiger partial charge in [-0.15, -0.1) is 11.3 Å². The van der Waals surface area contributed by atoms with E-state index >= 15 is 0 Å². The van der Waals surface area contributed by atoms with Crippen LogP contribution in [0.4, 0.5) is 0 Å². The van der Waals surface area contributed by atoms with Gasteiger partial charge in [-0.25, -0.2) is 0 Å². The first-order valence-corrected chi connectivity index (χ1v) is 8.54. The van der Waals surface area contributed by atoms with Crippen LogP contribution in [0.5, 0.6) is 0 Å². The van der Waals surface area contributed by atoms with Crippen LogP contribution in [0.2, 0.25) is 4.34 Å². The van der Waals surface area contributed by atoms with E-state index in [1.54, 1.807) is 11.3 Å². The lowest BCUT2D eigenvalue weighted by atomic mass is 9.74. The molecule has 2 N–H and O–H groups in total. The second kappa shape index (κ2) is 5.72. The van der Waals surface area contributed by atoms with Gasteiger partial charge in [0, 0.05) is 29.5 Å². The highest BCUT2D eigenvalue weighted by Crippen LogP contribution is 2.41. The lowest BCUT2D eigenvalue weighted by Gasteiger charge is -2.36. The van der Waals surface area contributed by atoms with Crippen molar-refractivity contribution in [1.29, 1.82) is 0 Å². The van der Waals surface area contributed by atoms with Crippen LogP contribution in [0.3, 0.4) is 0 Å². The zero-order valence-electron chi connectivity index (χ0n) is 11.3. The van der Waals surface area contributed by atoms with Crippen LogP contribution in [-0.4, -0.2) is 18.3 Å². The van der Waals surface area contributed by atoms with E-state index in [0.717, 1.165) is 17.3 Å². The Morgan fingerprint density at radius 2 is 2.16 bits per heavy atom. The van der Waals surface area contributed by atoms with Crippen molar-refractivity contribution in [2.45, 2.75) is 51.0 Å². The summed E-state index contributed by atoms with van der Waals surface area (Å²) in [6.07, 6.45) is 8.53. The quantitative estimate of drug-likeness (QED) is 0.883. The van der Waals surface area contributed by atoms with E-state index in [-0.39, 0.29) is 5.41 Å². The molecule has 4 heteroatoms. The minimum absolute atomic E-state index is 0.126. The number of hydrogen-bond acceptors (Lipinski definition) is 3. The molecule has 1 unspecified atom stereocenters. The highest BCUT2D eigenvalue weighted by molar-refractivity contribution is 7.16.